The third kappa shape index (κ3) is 2.57. The molecule has 2 heterocycles. The zero-order chi connectivity index (χ0) is 15.0. The standard InChI is InChI=1S/C17H22FNO2/c1-19-12-5-3-6-13(19)10-11(9-12)17(20)16-14(18)7-4-8-15(16)21-2/h4,7-8,11-13H,3,5-6,9-10H2,1-2H3. The molecule has 2 atom stereocenters. The quantitative estimate of drug-likeness (QED) is 0.800. The average Bonchev–Trinajstić information content (AvgIpc) is 2.46. The summed E-state index contributed by atoms with van der Waals surface area (Å²) in [5.74, 6) is -0.287. The maximum absolute atomic E-state index is 14.1. The van der Waals surface area contributed by atoms with E-state index in [4.69, 9.17) is 4.74 Å². The van der Waals surface area contributed by atoms with Gasteiger partial charge < -0.3 is 9.64 Å². The highest BCUT2D eigenvalue weighted by Crippen LogP contribution is 2.38. The van der Waals surface area contributed by atoms with Gasteiger partial charge in [0.05, 0.1) is 12.7 Å². The molecular weight excluding hydrogens is 269 g/mol. The Morgan fingerprint density at radius 3 is 2.57 bits per heavy atom. The molecule has 0 amide bonds. The Morgan fingerprint density at radius 1 is 1.29 bits per heavy atom. The maximum atomic E-state index is 14.1. The van der Waals surface area contributed by atoms with Crippen LogP contribution in [0.5, 0.6) is 5.75 Å². The van der Waals surface area contributed by atoms with Gasteiger partial charge >= 0.3 is 0 Å². The summed E-state index contributed by atoms with van der Waals surface area (Å²) in [6, 6.07) is 5.50. The van der Waals surface area contributed by atoms with Crippen LogP contribution < -0.4 is 4.74 Å². The first-order valence-electron chi connectivity index (χ1n) is 7.70. The minimum Gasteiger partial charge on any atom is -0.496 e. The van der Waals surface area contributed by atoms with Gasteiger partial charge in [0.1, 0.15) is 11.6 Å². The van der Waals surface area contributed by atoms with E-state index < -0.39 is 5.82 Å². The number of fused-ring (bicyclic) bond motifs is 2. The molecule has 2 unspecified atom stereocenters. The Balaban J connectivity index is 1.86. The molecule has 0 saturated carbocycles. The molecule has 0 N–H and O–H groups in total. The molecule has 1 aromatic rings. The minimum atomic E-state index is -0.469. The zero-order valence-electron chi connectivity index (χ0n) is 12.6. The van der Waals surface area contributed by atoms with Crippen LogP contribution in [0, 0.1) is 11.7 Å². The lowest BCUT2D eigenvalue weighted by Crippen LogP contribution is -2.51. The molecule has 1 aromatic carbocycles. The molecule has 3 nitrogen and oxygen atoms in total. The van der Waals surface area contributed by atoms with E-state index in [1.165, 1.54) is 19.6 Å². The second-order valence-corrected chi connectivity index (χ2v) is 6.25. The monoisotopic (exact) mass is 291 g/mol. The van der Waals surface area contributed by atoms with E-state index >= 15 is 0 Å². The van der Waals surface area contributed by atoms with E-state index in [1.807, 2.05) is 0 Å². The number of Topliss-reactive ketones (excluding diaryl/α,β-unsaturated/α-hetero) is 1. The summed E-state index contributed by atoms with van der Waals surface area (Å²) in [6.45, 7) is 0. The molecule has 114 valence electrons. The van der Waals surface area contributed by atoms with Gasteiger partial charge in [0.2, 0.25) is 0 Å². The van der Waals surface area contributed by atoms with Crippen LogP contribution in [-0.2, 0) is 0 Å². The molecule has 21 heavy (non-hydrogen) atoms. The first-order valence-corrected chi connectivity index (χ1v) is 7.70. The van der Waals surface area contributed by atoms with Crippen LogP contribution in [0.15, 0.2) is 18.2 Å². The van der Waals surface area contributed by atoms with Gasteiger partial charge in [-0.1, -0.05) is 12.5 Å². The fraction of sp³-hybridized carbons (Fsp3) is 0.588. The molecule has 2 fully saturated rings. The van der Waals surface area contributed by atoms with Crippen molar-refractivity contribution in [3.8, 4) is 5.75 Å². The lowest BCUT2D eigenvalue weighted by atomic mass is 9.76. The summed E-state index contributed by atoms with van der Waals surface area (Å²) in [6.07, 6.45) is 5.20. The number of benzene rings is 1. The van der Waals surface area contributed by atoms with Crippen molar-refractivity contribution >= 4 is 5.78 Å². The molecule has 2 aliphatic heterocycles. The topological polar surface area (TPSA) is 29.5 Å². The fourth-order valence-corrected chi connectivity index (χ4v) is 3.95. The van der Waals surface area contributed by atoms with E-state index in [9.17, 15) is 9.18 Å². The molecule has 0 radical (unpaired) electrons. The van der Waals surface area contributed by atoms with E-state index in [-0.39, 0.29) is 17.3 Å². The third-order valence-electron chi connectivity index (χ3n) is 5.15. The van der Waals surface area contributed by atoms with Gasteiger partial charge in [-0.15, -0.1) is 0 Å². The van der Waals surface area contributed by atoms with Crippen LogP contribution in [0.4, 0.5) is 4.39 Å². The summed E-state index contributed by atoms with van der Waals surface area (Å²) in [7, 11) is 3.63. The van der Waals surface area contributed by atoms with Crippen LogP contribution in [0.3, 0.4) is 0 Å². The van der Waals surface area contributed by atoms with E-state index in [0.717, 1.165) is 25.7 Å². The number of methoxy groups -OCH3 is 1. The Labute approximate surface area is 125 Å². The number of hydrogen-bond donors (Lipinski definition) is 0. The Kier molecular flexibility index (Phi) is 3.98. The zero-order valence-corrected chi connectivity index (χ0v) is 12.6. The van der Waals surface area contributed by atoms with Gasteiger partial charge in [-0.25, -0.2) is 4.39 Å². The summed E-state index contributed by atoms with van der Waals surface area (Å²) in [5.41, 5.74) is 0.132. The lowest BCUT2D eigenvalue weighted by molar-refractivity contribution is 0.0335. The second kappa shape index (κ2) is 5.76. The van der Waals surface area contributed by atoms with Crippen molar-refractivity contribution in [1.29, 1.82) is 0 Å². The highest BCUT2D eigenvalue weighted by atomic mass is 19.1. The number of nitrogens with zero attached hydrogens (tertiary/aromatic N) is 1. The normalized spacial score (nSPS) is 29.2. The van der Waals surface area contributed by atoms with Crippen LogP contribution in [-0.4, -0.2) is 36.9 Å². The van der Waals surface area contributed by atoms with Crippen LogP contribution in [0.1, 0.15) is 42.5 Å². The molecule has 2 saturated heterocycles. The van der Waals surface area contributed by atoms with Crippen molar-refractivity contribution in [1.82, 2.24) is 4.90 Å². The molecule has 4 heteroatoms. The molecule has 2 bridgehead atoms. The van der Waals surface area contributed by atoms with Crippen molar-refractivity contribution < 1.29 is 13.9 Å². The third-order valence-corrected chi connectivity index (χ3v) is 5.15. The average molecular weight is 291 g/mol. The molecule has 0 aromatic heterocycles. The summed E-state index contributed by atoms with van der Waals surface area (Å²) >= 11 is 0. The van der Waals surface area contributed by atoms with Crippen LogP contribution in [0.25, 0.3) is 0 Å². The maximum Gasteiger partial charge on any atom is 0.172 e. The van der Waals surface area contributed by atoms with E-state index in [2.05, 4.69) is 11.9 Å². The molecule has 0 aliphatic carbocycles. The predicted octanol–water partition coefficient (Wildman–Crippen LogP) is 3.28. The lowest BCUT2D eigenvalue weighted by Gasteiger charge is -2.46. The molecular formula is C17H22FNO2. The summed E-state index contributed by atoms with van der Waals surface area (Å²) in [4.78, 5) is 15.2. The number of hydrogen-bond acceptors (Lipinski definition) is 3. The summed E-state index contributed by atoms with van der Waals surface area (Å²) < 4.78 is 19.3. The van der Waals surface area contributed by atoms with Gasteiger partial charge in [0.25, 0.3) is 0 Å². The number of halogens is 1. The second-order valence-electron chi connectivity index (χ2n) is 6.25. The molecule has 0 spiro atoms. The van der Waals surface area contributed by atoms with Gasteiger partial charge in [0.15, 0.2) is 5.78 Å². The number of carbonyl (C=O) groups is 1. The van der Waals surface area contributed by atoms with Crippen molar-refractivity contribution in [3.05, 3.63) is 29.6 Å². The Hall–Kier alpha value is -1.42. The van der Waals surface area contributed by atoms with Gasteiger partial charge in [-0.2, -0.15) is 0 Å². The highest BCUT2D eigenvalue weighted by Gasteiger charge is 2.39. The van der Waals surface area contributed by atoms with Gasteiger partial charge in [-0.05, 0) is 44.9 Å². The first kappa shape index (κ1) is 14.5. The van der Waals surface area contributed by atoms with Gasteiger partial charge in [-0.3, -0.25) is 4.79 Å². The van der Waals surface area contributed by atoms with E-state index in [0.29, 0.717) is 17.8 Å². The number of ether oxygens (including phenoxy) is 1. The van der Waals surface area contributed by atoms with Crippen molar-refractivity contribution in [2.45, 2.75) is 44.2 Å². The smallest absolute Gasteiger partial charge is 0.172 e. The number of ketones is 1. The van der Waals surface area contributed by atoms with Crippen molar-refractivity contribution in [3.63, 3.8) is 0 Å². The van der Waals surface area contributed by atoms with Gasteiger partial charge in [0, 0.05) is 18.0 Å². The Bertz CT molecular complexity index is 532. The fourth-order valence-electron chi connectivity index (χ4n) is 3.95. The predicted molar refractivity (Wildman–Crippen MR) is 79.2 cm³/mol. The van der Waals surface area contributed by atoms with E-state index in [1.54, 1.807) is 12.1 Å². The molecule has 2 aliphatic rings. The van der Waals surface area contributed by atoms with Crippen LogP contribution >= 0.6 is 0 Å². The number of piperidine rings is 2. The first-order chi connectivity index (χ1) is 10.1. The molecule has 3 rings (SSSR count). The van der Waals surface area contributed by atoms with Crippen LogP contribution in [0.2, 0.25) is 0 Å². The largest absolute Gasteiger partial charge is 0.496 e. The minimum absolute atomic E-state index is 0.0812. The Morgan fingerprint density at radius 2 is 1.95 bits per heavy atom. The summed E-state index contributed by atoms with van der Waals surface area (Å²) in [5, 5.41) is 0. The number of carbonyl (C=O) groups excluding carboxylic acids is 1. The number of rotatable bonds is 3. The highest BCUT2D eigenvalue weighted by molar-refractivity contribution is 6.00. The SMILES string of the molecule is COc1cccc(F)c1C(=O)C1CC2CCCC(C1)N2C. The van der Waals surface area contributed by atoms with Crippen molar-refractivity contribution in [2.24, 2.45) is 5.92 Å². The van der Waals surface area contributed by atoms with Crippen molar-refractivity contribution in [2.75, 3.05) is 14.2 Å².